The van der Waals surface area contributed by atoms with E-state index in [1.165, 1.54) is 12.4 Å². The number of hydrogen-bond donors (Lipinski definition) is 1. The second-order valence-electron chi connectivity index (χ2n) is 7.55. The van der Waals surface area contributed by atoms with Crippen molar-refractivity contribution in [2.45, 2.75) is 44.6 Å². The van der Waals surface area contributed by atoms with Crippen molar-refractivity contribution in [1.82, 2.24) is 15.3 Å². The first-order valence-corrected chi connectivity index (χ1v) is 9.44. The number of aryl methyl sites for hydroxylation is 1. The highest BCUT2D eigenvalue weighted by Crippen LogP contribution is 2.59. The van der Waals surface area contributed by atoms with Crippen LogP contribution in [0, 0.1) is 6.92 Å². The summed E-state index contributed by atoms with van der Waals surface area (Å²) in [6.45, 7) is 4.56. The molecule has 144 valence electrons. The van der Waals surface area contributed by atoms with Crippen LogP contribution in [0.25, 0.3) is 0 Å². The molecule has 1 atom stereocenters. The second kappa shape index (κ2) is 5.92. The van der Waals surface area contributed by atoms with Crippen molar-refractivity contribution in [3.63, 3.8) is 0 Å². The lowest BCUT2D eigenvalue weighted by Gasteiger charge is -2.14. The molecule has 2 aliphatic heterocycles. The normalized spacial score (nSPS) is 21.5. The number of amides is 3. The second-order valence-corrected chi connectivity index (χ2v) is 7.55. The summed E-state index contributed by atoms with van der Waals surface area (Å²) in [5.41, 5.74) is 2.27. The van der Waals surface area contributed by atoms with Crippen molar-refractivity contribution in [3.8, 4) is 17.4 Å². The third-order valence-corrected chi connectivity index (χ3v) is 5.68. The van der Waals surface area contributed by atoms with E-state index in [4.69, 9.17) is 9.47 Å². The number of nitrogens with one attached hydrogen (secondary N) is 1. The number of carbonyl (C=O) groups is 2. The molecule has 1 saturated carbocycles. The van der Waals surface area contributed by atoms with Gasteiger partial charge in [0.2, 0.25) is 5.88 Å². The molecule has 28 heavy (non-hydrogen) atoms. The summed E-state index contributed by atoms with van der Waals surface area (Å²) >= 11 is 0. The van der Waals surface area contributed by atoms with Crippen LogP contribution in [0.4, 0.5) is 10.6 Å². The predicted molar refractivity (Wildman–Crippen MR) is 99.8 cm³/mol. The predicted octanol–water partition coefficient (Wildman–Crippen LogP) is 2.84. The summed E-state index contributed by atoms with van der Waals surface area (Å²) in [6.07, 6.45) is 5.52. The molecule has 3 heterocycles. The quantitative estimate of drug-likeness (QED) is 0.820. The lowest BCUT2D eigenvalue weighted by Crippen LogP contribution is -2.32. The molecule has 1 aliphatic carbocycles. The molecule has 1 spiro atoms. The van der Waals surface area contributed by atoms with E-state index in [0.717, 1.165) is 40.4 Å². The van der Waals surface area contributed by atoms with Crippen LogP contribution in [-0.2, 0) is 10.2 Å². The Morgan fingerprint density at radius 3 is 2.75 bits per heavy atom. The first-order chi connectivity index (χ1) is 13.5. The Morgan fingerprint density at radius 1 is 1.29 bits per heavy atom. The molecule has 3 amide bonds. The van der Waals surface area contributed by atoms with Gasteiger partial charge in [-0.15, -0.1) is 0 Å². The van der Waals surface area contributed by atoms with Gasteiger partial charge in [0.05, 0.1) is 19.0 Å². The largest absolute Gasteiger partial charge is 0.492 e. The van der Waals surface area contributed by atoms with Crippen LogP contribution in [-0.4, -0.2) is 34.6 Å². The van der Waals surface area contributed by atoms with Gasteiger partial charge in [0.15, 0.2) is 5.82 Å². The summed E-state index contributed by atoms with van der Waals surface area (Å²) < 4.78 is 11.9. The number of ether oxygens (including phenoxy) is 2. The van der Waals surface area contributed by atoms with E-state index in [0.29, 0.717) is 18.9 Å². The molecule has 5 rings (SSSR count). The highest BCUT2D eigenvalue weighted by atomic mass is 16.5. The van der Waals surface area contributed by atoms with E-state index in [9.17, 15) is 9.59 Å². The molecule has 3 aliphatic rings. The van der Waals surface area contributed by atoms with Gasteiger partial charge in [-0.25, -0.2) is 19.7 Å². The van der Waals surface area contributed by atoms with Crippen molar-refractivity contribution in [2.75, 3.05) is 11.5 Å². The fourth-order valence-corrected chi connectivity index (χ4v) is 3.88. The molecule has 0 bridgehead atoms. The van der Waals surface area contributed by atoms with Crippen LogP contribution >= 0.6 is 0 Å². The number of fused-ring (bicyclic) bond motifs is 2. The zero-order chi connectivity index (χ0) is 19.5. The van der Waals surface area contributed by atoms with Crippen molar-refractivity contribution < 1.29 is 19.1 Å². The molecule has 2 fully saturated rings. The van der Waals surface area contributed by atoms with E-state index >= 15 is 0 Å². The molecule has 8 heteroatoms. The maximum Gasteiger partial charge on any atom is 0.330 e. The van der Waals surface area contributed by atoms with Crippen molar-refractivity contribution in [3.05, 3.63) is 35.7 Å². The molecular weight excluding hydrogens is 360 g/mol. The van der Waals surface area contributed by atoms with Crippen LogP contribution < -0.4 is 19.7 Å². The van der Waals surface area contributed by atoms with Crippen LogP contribution in [0.15, 0.2) is 24.5 Å². The topological polar surface area (TPSA) is 93.7 Å². The maximum atomic E-state index is 12.3. The molecule has 1 saturated heterocycles. The number of benzene rings is 1. The minimum atomic E-state index is -0.518. The molecule has 1 aromatic carbocycles. The Labute approximate surface area is 161 Å². The third-order valence-electron chi connectivity index (χ3n) is 5.68. The number of anilines is 1. The van der Waals surface area contributed by atoms with Gasteiger partial charge in [-0.2, -0.15) is 0 Å². The third kappa shape index (κ3) is 2.44. The Bertz CT molecular complexity index is 984. The smallest absolute Gasteiger partial charge is 0.330 e. The number of rotatable bonds is 4. The van der Waals surface area contributed by atoms with Gasteiger partial charge in [-0.3, -0.25) is 4.79 Å². The van der Waals surface area contributed by atoms with Gasteiger partial charge >= 0.3 is 6.03 Å². The average Bonchev–Trinajstić information content (AvgIpc) is 3.28. The molecular formula is C20H20N4O4. The van der Waals surface area contributed by atoms with Gasteiger partial charge in [-0.1, -0.05) is 13.0 Å². The number of aromatic nitrogens is 2. The maximum absolute atomic E-state index is 12.3. The van der Waals surface area contributed by atoms with Crippen LogP contribution in [0.1, 0.15) is 37.3 Å². The minimum absolute atomic E-state index is 0.0687. The number of imide groups is 1. The number of urea groups is 1. The summed E-state index contributed by atoms with van der Waals surface area (Å²) in [6, 6.07) is 2.90. The minimum Gasteiger partial charge on any atom is -0.492 e. The molecule has 1 N–H and O–H groups in total. The van der Waals surface area contributed by atoms with Crippen molar-refractivity contribution in [2.24, 2.45) is 0 Å². The van der Waals surface area contributed by atoms with E-state index in [2.05, 4.69) is 15.3 Å². The molecule has 1 unspecified atom stereocenters. The molecule has 0 radical (unpaired) electrons. The standard InChI is InChI=1S/C20H20N4O4/c1-3-12-18(25)24(19(26)23-12)14-8-22-15(9-21-14)28-13-5-4-11(2)17-16(13)20(6-7-20)10-27-17/h4-5,8-9,12H,3,6-7,10H2,1-2H3,(H,23,26). The summed E-state index contributed by atoms with van der Waals surface area (Å²) in [5, 5.41) is 2.63. The summed E-state index contributed by atoms with van der Waals surface area (Å²) in [4.78, 5) is 33.8. The molecule has 8 nitrogen and oxygen atoms in total. The lowest BCUT2D eigenvalue weighted by atomic mass is 9.95. The SMILES string of the molecule is CCC1NC(=O)N(c2cnc(Oc3ccc(C)c4c3C3(CC3)CO4)cn2)C1=O. The van der Waals surface area contributed by atoms with Gasteiger partial charge in [0, 0.05) is 11.0 Å². The highest BCUT2D eigenvalue weighted by Gasteiger charge is 2.53. The Balaban J connectivity index is 1.41. The van der Waals surface area contributed by atoms with Crippen LogP contribution in [0.3, 0.4) is 0 Å². The van der Waals surface area contributed by atoms with Gasteiger partial charge in [0.25, 0.3) is 5.91 Å². The van der Waals surface area contributed by atoms with Gasteiger partial charge in [-0.05, 0) is 37.8 Å². The summed E-state index contributed by atoms with van der Waals surface area (Å²) in [5.74, 6) is 1.79. The fraction of sp³-hybridized carbons (Fsp3) is 0.400. The first-order valence-electron chi connectivity index (χ1n) is 9.44. The number of hydrogen-bond acceptors (Lipinski definition) is 6. The Hall–Kier alpha value is -3.16. The Kier molecular flexibility index (Phi) is 3.59. The lowest BCUT2D eigenvalue weighted by molar-refractivity contribution is -0.118. The highest BCUT2D eigenvalue weighted by molar-refractivity contribution is 6.20. The van der Waals surface area contributed by atoms with E-state index in [1.807, 2.05) is 26.0 Å². The van der Waals surface area contributed by atoms with Gasteiger partial charge < -0.3 is 14.8 Å². The first kappa shape index (κ1) is 17.0. The summed E-state index contributed by atoms with van der Waals surface area (Å²) in [7, 11) is 0. The molecule has 1 aromatic heterocycles. The van der Waals surface area contributed by atoms with Crippen molar-refractivity contribution in [1.29, 1.82) is 0 Å². The Morgan fingerprint density at radius 2 is 2.11 bits per heavy atom. The van der Waals surface area contributed by atoms with Crippen LogP contribution in [0.2, 0.25) is 0 Å². The average molecular weight is 380 g/mol. The van der Waals surface area contributed by atoms with E-state index < -0.39 is 12.1 Å². The zero-order valence-corrected chi connectivity index (χ0v) is 15.7. The van der Waals surface area contributed by atoms with E-state index in [1.54, 1.807) is 0 Å². The van der Waals surface area contributed by atoms with Crippen molar-refractivity contribution >= 4 is 17.8 Å². The number of nitrogens with zero attached hydrogens (tertiary/aromatic N) is 3. The van der Waals surface area contributed by atoms with Crippen LogP contribution in [0.5, 0.6) is 17.4 Å². The van der Waals surface area contributed by atoms with Gasteiger partial charge in [0.1, 0.15) is 17.5 Å². The monoisotopic (exact) mass is 380 g/mol. The van der Waals surface area contributed by atoms with E-state index in [-0.39, 0.29) is 17.1 Å². The molecule has 2 aromatic rings. The number of carbonyl (C=O) groups excluding carboxylic acids is 2. The zero-order valence-electron chi connectivity index (χ0n) is 15.7. The fourth-order valence-electron chi connectivity index (χ4n) is 3.88.